The Morgan fingerprint density at radius 1 is 1.24 bits per heavy atom. The molecule has 1 unspecified atom stereocenters. The summed E-state index contributed by atoms with van der Waals surface area (Å²) >= 11 is 0. The van der Waals surface area contributed by atoms with Gasteiger partial charge in [-0.05, 0) is 19.1 Å². The molecule has 0 spiro atoms. The molecule has 2 rings (SSSR count). The number of aromatic nitrogens is 3. The van der Waals surface area contributed by atoms with Crippen LogP contribution in [0.2, 0.25) is 0 Å². The van der Waals surface area contributed by atoms with Crippen LogP contribution in [0.15, 0.2) is 36.8 Å². The zero-order chi connectivity index (χ0) is 12.1. The fourth-order valence-electron chi connectivity index (χ4n) is 1.56. The molecule has 0 saturated heterocycles. The van der Waals surface area contributed by atoms with Crippen LogP contribution in [-0.4, -0.2) is 15.0 Å². The van der Waals surface area contributed by atoms with Crippen LogP contribution >= 0.6 is 0 Å². The van der Waals surface area contributed by atoms with Crippen molar-refractivity contribution in [2.75, 3.05) is 0 Å². The Bertz CT molecular complexity index is 454. The van der Waals surface area contributed by atoms with Gasteiger partial charge in [-0.2, -0.15) is 0 Å². The van der Waals surface area contributed by atoms with Crippen LogP contribution in [0.1, 0.15) is 23.1 Å². The highest BCUT2D eigenvalue weighted by Crippen LogP contribution is 2.13. The summed E-state index contributed by atoms with van der Waals surface area (Å²) in [7, 11) is 0. The minimum Gasteiger partial charge on any atom is -0.271 e. The number of hydrazine groups is 1. The van der Waals surface area contributed by atoms with Gasteiger partial charge in [0.1, 0.15) is 0 Å². The first-order valence-corrected chi connectivity index (χ1v) is 5.44. The average Bonchev–Trinajstić information content (AvgIpc) is 2.38. The van der Waals surface area contributed by atoms with Gasteiger partial charge in [0.2, 0.25) is 0 Å². The lowest BCUT2D eigenvalue weighted by Gasteiger charge is -2.14. The van der Waals surface area contributed by atoms with E-state index in [0.717, 1.165) is 17.1 Å². The number of hydrogen-bond donors (Lipinski definition) is 2. The van der Waals surface area contributed by atoms with Gasteiger partial charge in [0.15, 0.2) is 0 Å². The van der Waals surface area contributed by atoms with E-state index in [-0.39, 0.29) is 6.04 Å². The highest BCUT2D eigenvalue weighted by molar-refractivity contribution is 5.11. The molecule has 0 aliphatic heterocycles. The van der Waals surface area contributed by atoms with E-state index in [1.165, 1.54) is 0 Å². The van der Waals surface area contributed by atoms with Crippen LogP contribution in [0.25, 0.3) is 0 Å². The number of nitrogens with one attached hydrogen (secondary N) is 1. The van der Waals surface area contributed by atoms with Gasteiger partial charge < -0.3 is 0 Å². The summed E-state index contributed by atoms with van der Waals surface area (Å²) in [5.41, 5.74) is 5.43. The van der Waals surface area contributed by atoms with Gasteiger partial charge in [0.05, 0.1) is 23.6 Å². The average molecular weight is 229 g/mol. The van der Waals surface area contributed by atoms with Gasteiger partial charge in [0.25, 0.3) is 0 Å². The molecule has 0 fully saturated rings. The molecule has 3 N–H and O–H groups in total. The number of nitrogens with two attached hydrogens (primary N) is 1. The molecule has 0 aliphatic rings. The lowest BCUT2D eigenvalue weighted by Crippen LogP contribution is -2.30. The molecular formula is C12H15N5. The van der Waals surface area contributed by atoms with E-state index in [0.29, 0.717) is 6.42 Å². The second-order valence-corrected chi connectivity index (χ2v) is 3.83. The third-order valence-corrected chi connectivity index (χ3v) is 2.50. The molecule has 0 saturated carbocycles. The topological polar surface area (TPSA) is 76.7 Å². The van der Waals surface area contributed by atoms with Crippen molar-refractivity contribution in [1.82, 2.24) is 20.4 Å². The van der Waals surface area contributed by atoms with E-state index in [9.17, 15) is 0 Å². The molecule has 1 atom stereocenters. The number of nitrogens with zero attached hydrogens (tertiary/aromatic N) is 3. The first-order chi connectivity index (χ1) is 8.29. The highest BCUT2D eigenvalue weighted by Gasteiger charge is 2.12. The molecule has 0 aliphatic carbocycles. The molecule has 2 aromatic heterocycles. The van der Waals surface area contributed by atoms with Gasteiger partial charge in [-0.15, -0.1) is 0 Å². The van der Waals surface area contributed by atoms with Crippen LogP contribution in [0, 0.1) is 6.92 Å². The predicted octanol–water partition coefficient (Wildman–Crippen LogP) is 0.927. The summed E-state index contributed by atoms with van der Waals surface area (Å²) in [6.07, 6.45) is 5.93. The lowest BCUT2D eigenvalue weighted by atomic mass is 10.1. The zero-order valence-corrected chi connectivity index (χ0v) is 9.67. The smallest absolute Gasteiger partial charge is 0.0773 e. The minimum atomic E-state index is -0.0713. The summed E-state index contributed by atoms with van der Waals surface area (Å²) in [4.78, 5) is 12.8. The summed E-state index contributed by atoms with van der Waals surface area (Å²) in [6, 6.07) is 5.74. The number of hydrogen-bond acceptors (Lipinski definition) is 5. The van der Waals surface area contributed by atoms with Crippen molar-refractivity contribution in [2.24, 2.45) is 5.84 Å². The van der Waals surface area contributed by atoms with Gasteiger partial charge in [-0.1, -0.05) is 6.07 Å². The van der Waals surface area contributed by atoms with Crippen LogP contribution in [0.5, 0.6) is 0 Å². The Morgan fingerprint density at radius 2 is 2.12 bits per heavy atom. The molecule has 5 heteroatoms. The quantitative estimate of drug-likeness (QED) is 0.602. The van der Waals surface area contributed by atoms with Gasteiger partial charge >= 0.3 is 0 Å². The summed E-state index contributed by atoms with van der Waals surface area (Å²) < 4.78 is 0. The Balaban J connectivity index is 2.14. The maximum atomic E-state index is 5.55. The van der Waals surface area contributed by atoms with Crippen LogP contribution < -0.4 is 11.3 Å². The molecule has 88 valence electrons. The number of aryl methyl sites for hydroxylation is 1. The van der Waals surface area contributed by atoms with Crippen molar-refractivity contribution in [3.63, 3.8) is 0 Å². The third-order valence-electron chi connectivity index (χ3n) is 2.50. The Morgan fingerprint density at radius 3 is 2.71 bits per heavy atom. The second kappa shape index (κ2) is 5.47. The van der Waals surface area contributed by atoms with Gasteiger partial charge in [-0.25, -0.2) is 0 Å². The van der Waals surface area contributed by atoms with Crippen molar-refractivity contribution in [1.29, 1.82) is 0 Å². The normalized spacial score (nSPS) is 12.4. The molecule has 0 amide bonds. The van der Waals surface area contributed by atoms with Crippen molar-refractivity contribution >= 4 is 0 Å². The summed E-state index contributed by atoms with van der Waals surface area (Å²) in [5, 5.41) is 0. The zero-order valence-electron chi connectivity index (χ0n) is 9.67. The second-order valence-electron chi connectivity index (χ2n) is 3.83. The van der Waals surface area contributed by atoms with Gasteiger partial charge in [0, 0.05) is 24.5 Å². The largest absolute Gasteiger partial charge is 0.271 e. The lowest BCUT2D eigenvalue weighted by molar-refractivity contribution is 0.530. The maximum absolute atomic E-state index is 5.55. The van der Waals surface area contributed by atoms with Crippen molar-refractivity contribution in [2.45, 2.75) is 19.4 Å². The van der Waals surface area contributed by atoms with Crippen LogP contribution in [0.3, 0.4) is 0 Å². The van der Waals surface area contributed by atoms with E-state index in [2.05, 4.69) is 20.4 Å². The van der Waals surface area contributed by atoms with Crippen molar-refractivity contribution in [3.8, 4) is 0 Å². The Labute approximate surface area is 100 Å². The SMILES string of the molecule is Cc1cnc(C(Cc2ccccn2)NN)cn1. The minimum absolute atomic E-state index is 0.0713. The number of rotatable bonds is 4. The van der Waals surface area contributed by atoms with E-state index in [4.69, 9.17) is 5.84 Å². The summed E-state index contributed by atoms with van der Waals surface area (Å²) in [5.74, 6) is 5.55. The van der Waals surface area contributed by atoms with E-state index < -0.39 is 0 Å². The monoisotopic (exact) mass is 229 g/mol. The Hall–Kier alpha value is -1.85. The fourth-order valence-corrected chi connectivity index (χ4v) is 1.56. The van der Waals surface area contributed by atoms with Gasteiger partial charge in [-0.3, -0.25) is 26.2 Å². The molecule has 0 bridgehead atoms. The first-order valence-electron chi connectivity index (χ1n) is 5.44. The fraction of sp³-hybridized carbons (Fsp3) is 0.250. The summed E-state index contributed by atoms with van der Waals surface area (Å²) in [6.45, 7) is 1.90. The molecule has 17 heavy (non-hydrogen) atoms. The van der Waals surface area contributed by atoms with Crippen LogP contribution in [0.4, 0.5) is 0 Å². The molecule has 0 aromatic carbocycles. The number of pyridine rings is 1. The third kappa shape index (κ3) is 3.05. The molecule has 0 radical (unpaired) electrons. The van der Waals surface area contributed by atoms with E-state index in [1.807, 2.05) is 25.1 Å². The highest BCUT2D eigenvalue weighted by atomic mass is 15.2. The maximum Gasteiger partial charge on any atom is 0.0773 e. The molecule has 2 aromatic rings. The standard InChI is InChI=1S/C12H15N5/c1-9-7-16-12(8-15-9)11(17-13)6-10-4-2-3-5-14-10/h2-5,7-8,11,17H,6,13H2,1H3. The van der Waals surface area contributed by atoms with Crippen molar-refractivity contribution in [3.05, 3.63) is 53.9 Å². The van der Waals surface area contributed by atoms with E-state index in [1.54, 1.807) is 18.6 Å². The molecule has 2 heterocycles. The van der Waals surface area contributed by atoms with Crippen LogP contribution in [-0.2, 0) is 6.42 Å². The molecule has 5 nitrogen and oxygen atoms in total. The van der Waals surface area contributed by atoms with Crippen molar-refractivity contribution < 1.29 is 0 Å². The predicted molar refractivity (Wildman–Crippen MR) is 64.8 cm³/mol. The van der Waals surface area contributed by atoms with E-state index >= 15 is 0 Å². The first kappa shape index (κ1) is 11.6. The molecular weight excluding hydrogens is 214 g/mol. The Kier molecular flexibility index (Phi) is 3.74.